The molecular formula is C12H14ClIO. The van der Waals surface area contributed by atoms with E-state index >= 15 is 0 Å². The number of hydrogen-bond acceptors (Lipinski definition) is 1. The summed E-state index contributed by atoms with van der Waals surface area (Å²) in [4.78, 5) is 0. The molecule has 0 saturated heterocycles. The Morgan fingerprint density at radius 3 is 2.80 bits per heavy atom. The first kappa shape index (κ1) is 11.7. The molecule has 82 valence electrons. The summed E-state index contributed by atoms with van der Waals surface area (Å²) in [6.45, 7) is 0.643. The van der Waals surface area contributed by atoms with Crippen molar-refractivity contribution >= 4 is 34.2 Å². The van der Waals surface area contributed by atoms with Crippen molar-refractivity contribution in [3.8, 4) is 0 Å². The zero-order chi connectivity index (χ0) is 10.7. The summed E-state index contributed by atoms with van der Waals surface area (Å²) >= 11 is 8.55. The van der Waals surface area contributed by atoms with E-state index in [1.54, 1.807) is 0 Å². The molecule has 2 rings (SSSR count). The van der Waals surface area contributed by atoms with Gasteiger partial charge in [0.2, 0.25) is 0 Å². The topological polar surface area (TPSA) is 9.23 Å². The van der Waals surface area contributed by atoms with Crippen LogP contribution in [0.3, 0.4) is 0 Å². The molecule has 3 heteroatoms. The van der Waals surface area contributed by atoms with Crippen LogP contribution >= 0.6 is 34.2 Å². The third kappa shape index (κ3) is 3.08. The number of benzene rings is 1. The van der Waals surface area contributed by atoms with E-state index in [1.807, 2.05) is 24.3 Å². The van der Waals surface area contributed by atoms with Gasteiger partial charge >= 0.3 is 0 Å². The fourth-order valence-corrected chi connectivity index (χ4v) is 3.08. The minimum atomic E-state index is 0.418. The Balaban J connectivity index is 1.90. The summed E-state index contributed by atoms with van der Waals surface area (Å²) in [6, 6.07) is 7.89. The molecule has 0 heterocycles. The summed E-state index contributed by atoms with van der Waals surface area (Å²) in [6.07, 6.45) is 4.19. The number of rotatable bonds is 3. The van der Waals surface area contributed by atoms with Crippen LogP contribution in [0.15, 0.2) is 24.3 Å². The first-order valence-electron chi connectivity index (χ1n) is 5.26. The summed E-state index contributed by atoms with van der Waals surface area (Å²) in [5, 5.41) is 0.806. The van der Waals surface area contributed by atoms with Crippen LogP contribution in [0.25, 0.3) is 0 Å². The summed E-state index contributed by atoms with van der Waals surface area (Å²) in [5.74, 6) is 0. The maximum Gasteiger partial charge on any atom is 0.0735 e. The van der Waals surface area contributed by atoms with Crippen molar-refractivity contribution in [2.75, 3.05) is 0 Å². The van der Waals surface area contributed by atoms with Crippen molar-refractivity contribution in [1.29, 1.82) is 0 Å². The van der Waals surface area contributed by atoms with Gasteiger partial charge in [-0.05, 0) is 30.9 Å². The molecule has 0 aromatic heterocycles. The predicted octanol–water partition coefficient (Wildman–Crippen LogP) is 4.21. The third-order valence-corrected chi connectivity index (χ3v) is 4.58. The highest BCUT2D eigenvalue weighted by Crippen LogP contribution is 2.29. The van der Waals surface area contributed by atoms with Crippen molar-refractivity contribution in [1.82, 2.24) is 0 Å². The first-order chi connectivity index (χ1) is 7.27. The molecule has 1 nitrogen and oxygen atoms in total. The molecule has 0 bridgehead atoms. The normalized spacial score (nSPS) is 25.7. The Hall–Kier alpha value is 0.200. The van der Waals surface area contributed by atoms with Crippen molar-refractivity contribution < 1.29 is 4.74 Å². The Morgan fingerprint density at radius 2 is 2.13 bits per heavy atom. The van der Waals surface area contributed by atoms with Crippen molar-refractivity contribution in [3.05, 3.63) is 34.9 Å². The zero-order valence-corrected chi connectivity index (χ0v) is 11.4. The Morgan fingerprint density at radius 1 is 1.33 bits per heavy atom. The van der Waals surface area contributed by atoms with Gasteiger partial charge in [0, 0.05) is 8.95 Å². The van der Waals surface area contributed by atoms with Gasteiger partial charge in [0.15, 0.2) is 0 Å². The molecule has 0 aliphatic heterocycles. The first-order valence-corrected chi connectivity index (χ1v) is 6.89. The predicted molar refractivity (Wildman–Crippen MR) is 71.7 cm³/mol. The zero-order valence-electron chi connectivity index (χ0n) is 8.46. The van der Waals surface area contributed by atoms with Crippen molar-refractivity contribution in [3.63, 3.8) is 0 Å². The van der Waals surface area contributed by atoms with E-state index in [0.29, 0.717) is 16.6 Å². The second-order valence-electron chi connectivity index (χ2n) is 3.89. The minimum absolute atomic E-state index is 0.418. The lowest BCUT2D eigenvalue weighted by molar-refractivity contribution is 0.0514. The van der Waals surface area contributed by atoms with Crippen LogP contribution in [0.1, 0.15) is 24.8 Å². The third-order valence-electron chi connectivity index (χ3n) is 2.78. The average Bonchev–Trinajstić information content (AvgIpc) is 2.63. The molecule has 15 heavy (non-hydrogen) atoms. The van der Waals surface area contributed by atoms with Crippen molar-refractivity contribution in [2.24, 2.45) is 0 Å². The monoisotopic (exact) mass is 336 g/mol. The lowest BCUT2D eigenvalue weighted by Gasteiger charge is -2.15. The second kappa shape index (κ2) is 5.51. The summed E-state index contributed by atoms with van der Waals surface area (Å²) < 4.78 is 6.56. The Bertz CT molecular complexity index is 329. The molecule has 0 spiro atoms. The number of hydrogen-bond donors (Lipinski definition) is 0. The highest BCUT2D eigenvalue weighted by atomic mass is 127. The second-order valence-corrected chi connectivity index (χ2v) is 5.89. The van der Waals surface area contributed by atoms with Gasteiger partial charge in [0.1, 0.15) is 0 Å². The molecule has 1 aliphatic rings. The molecule has 1 aromatic carbocycles. The Kier molecular flexibility index (Phi) is 4.29. The van der Waals surface area contributed by atoms with Gasteiger partial charge in [0.25, 0.3) is 0 Å². The molecule has 0 N–H and O–H groups in total. The van der Waals surface area contributed by atoms with Gasteiger partial charge in [-0.25, -0.2) is 0 Å². The van der Waals surface area contributed by atoms with Gasteiger partial charge in [-0.1, -0.05) is 52.4 Å². The molecular weight excluding hydrogens is 322 g/mol. The smallest absolute Gasteiger partial charge is 0.0735 e. The van der Waals surface area contributed by atoms with Gasteiger partial charge in [-0.15, -0.1) is 0 Å². The fourth-order valence-electron chi connectivity index (χ4n) is 1.88. The lowest BCUT2D eigenvalue weighted by Crippen LogP contribution is -2.17. The van der Waals surface area contributed by atoms with E-state index in [4.69, 9.17) is 16.3 Å². The fraction of sp³-hybridized carbons (Fsp3) is 0.500. The van der Waals surface area contributed by atoms with E-state index in [1.165, 1.54) is 19.3 Å². The summed E-state index contributed by atoms with van der Waals surface area (Å²) in [5.41, 5.74) is 1.09. The van der Waals surface area contributed by atoms with Gasteiger partial charge in [0.05, 0.1) is 12.7 Å². The number of halogens is 2. The maximum atomic E-state index is 6.06. The summed E-state index contributed by atoms with van der Waals surface area (Å²) in [7, 11) is 0. The maximum absolute atomic E-state index is 6.06. The van der Waals surface area contributed by atoms with Gasteiger partial charge < -0.3 is 4.74 Å². The van der Waals surface area contributed by atoms with Gasteiger partial charge in [-0.2, -0.15) is 0 Å². The van der Waals surface area contributed by atoms with E-state index in [2.05, 4.69) is 22.6 Å². The highest BCUT2D eigenvalue weighted by molar-refractivity contribution is 14.1. The van der Waals surface area contributed by atoms with Crippen LogP contribution in [0.5, 0.6) is 0 Å². The van der Waals surface area contributed by atoms with Crippen molar-refractivity contribution in [2.45, 2.75) is 35.9 Å². The van der Waals surface area contributed by atoms with Crippen LogP contribution in [0.4, 0.5) is 0 Å². The number of ether oxygens (including phenoxy) is 1. The molecule has 0 amide bonds. The standard InChI is InChI=1S/C12H14ClIO/c13-10-5-2-1-4-9(10)8-15-12-7-3-6-11(12)14/h1-2,4-5,11-12H,3,6-8H2. The van der Waals surface area contributed by atoms with E-state index < -0.39 is 0 Å². The SMILES string of the molecule is Clc1ccccc1COC1CCCC1I. The van der Waals surface area contributed by atoms with E-state index in [-0.39, 0.29) is 0 Å². The molecule has 1 aromatic rings. The largest absolute Gasteiger partial charge is 0.372 e. The van der Waals surface area contributed by atoms with Crippen LogP contribution in [0.2, 0.25) is 5.02 Å². The molecule has 1 fully saturated rings. The van der Waals surface area contributed by atoms with E-state index in [0.717, 1.165) is 10.6 Å². The van der Waals surface area contributed by atoms with Crippen LogP contribution in [-0.2, 0) is 11.3 Å². The lowest BCUT2D eigenvalue weighted by atomic mass is 10.2. The van der Waals surface area contributed by atoms with Gasteiger partial charge in [-0.3, -0.25) is 0 Å². The molecule has 1 aliphatic carbocycles. The molecule has 0 radical (unpaired) electrons. The highest BCUT2D eigenvalue weighted by Gasteiger charge is 2.25. The Labute approximate surface area is 109 Å². The number of alkyl halides is 1. The quantitative estimate of drug-likeness (QED) is 0.593. The van der Waals surface area contributed by atoms with Crippen LogP contribution < -0.4 is 0 Å². The van der Waals surface area contributed by atoms with Crippen LogP contribution in [0, 0.1) is 0 Å². The van der Waals surface area contributed by atoms with E-state index in [9.17, 15) is 0 Å². The molecule has 2 atom stereocenters. The molecule has 2 unspecified atom stereocenters. The van der Waals surface area contributed by atoms with Crippen LogP contribution in [-0.4, -0.2) is 10.0 Å². The minimum Gasteiger partial charge on any atom is -0.372 e. The molecule has 1 saturated carbocycles. The average molecular weight is 337 g/mol.